The van der Waals surface area contributed by atoms with Crippen molar-refractivity contribution in [2.24, 2.45) is 5.73 Å². The summed E-state index contributed by atoms with van der Waals surface area (Å²) in [6.07, 6.45) is 6.35. The van der Waals surface area contributed by atoms with E-state index in [0.717, 1.165) is 13.1 Å². The SMILES string of the molecule is CN(C)CCCN[C@@H]1CCCC[C@H]1N. The number of rotatable bonds is 5. The Balaban J connectivity index is 2.04. The van der Waals surface area contributed by atoms with Crippen molar-refractivity contribution in [2.45, 2.75) is 44.2 Å². The Morgan fingerprint density at radius 1 is 1.29 bits per heavy atom. The fourth-order valence-corrected chi connectivity index (χ4v) is 2.10. The van der Waals surface area contributed by atoms with Gasteiger partial charge in [0.25, 0.3) is 0 Å². The average molecular weight is 199 g/mol. The van der Waals surface area contributed by atoms with E-state index in [1.165, 1.54) is 32.1 Å². The summed E-state index contributed by atoms with van der Waals surface area (Å²) in [7, 11) is 4.23. The van der Waals surface area contributed by atoms with Crippen molar-refractivity contribution < 1.29 is 0 Å². The average Bonchev–Trinajstić information content (AvgIpc) is 2.15. The topological polar surface area (TPSA) is 41.3 Å². The molecule has 1 aliphatic rings. The lowest BCUT2D eigenvalue weighted by molar-refractivity contribution is 0.317. The first-order valence-electron chi connectivity index (χ1n) is 5.84. The fourth-order valence-electron chi connectivity index (χ4n) is 2.10. The van der Waals surface area contributed by atoms with E-state index in [4.69, 9.17) is 5.73 Å². The first-order chi connectivity index (χ1) is 6.70. The highest BCUT2D eigenvalue weighted by molar-refractivity contribution is 4.83. The Hall–Kier alpha value is -0.120. The minimum atomic E-state index is 0.392. The van der Waals surface area contributed by atoms with Gasteiger partial charge in [-0.15, -0.1) is 0 Å². The zero-order valence-corrected chi connectivity index (χ0v) is 9.63. The molecule has 3 nitrogen and oxygen atoms in total. The predicted molar refractivity (Wildman–Crippen MR) is 61.4 cm³/mol. The summed E-state index contributed by atoms with van der Waals surface area (Å²) < 4.78 is 0. The summed E-state index contributed by atoms with van der Waals surface area (Å²) in [6, 6.07) is 0.967. The Morgan fingerprint density at radius 3 is 2.64 bits per heavy atom. The maximum atomic E-state index is 6.05. The molecule has 84 valence electrons. The zero-order valence-electron chi connectivity index (χ0n) is 9.63. The minimum absolute atomic E-state index is 0.392. The van der Waals surface area contributed by atoms with E-state index in [1.54, 1.807) is 0 Å². The fraction of sp³-hybridized carbons (Fsp3) is 1.00. The van der Waals surface area contributed by atoms with Gasteiger partial charge in [0.15, 0.2) is 0 Å². The molecule has 0 heterocycles. The molecule has 3 heteroatoms. The van der Waals surface area contributed by atoms with Crippen molar-refractivity contribution in [1.29, 1.82) is 0 Å². The zero-order chi connectivity index (χ0) is 10.4. The predicted octanol–water partition coefficient (Wildman–Crippen LogP) is 0.798. The molecule has 0 aliphatic heterocycles. The molecule has 1 aliphatic carbocycles. The summed E-state index contributed by atoms with van der Waals surface area (Å²) >= 11 is 0. The lowest BCUT2D eigenvalue weighted by Gasteiger charge is -2.29. The van der Waals surface area contributed by atoms with Gasteiger partial charge in [0.05, 0.1) is 0 Å². The first kappa shape index (κ1) is 12.0. The van der Waals surface area contributed by atoms with E-state index < -0.39 is 0 Å². The second-order valence-corrected chi connectivity index (χ2v) is 4.67. The highest BCUT2D eigenvalue weighted by atomic mass is 15.1. The molecular weight excluding hydrogens is 174 g/mol. The van der Waals surface area contributed by atoms with Crippen LogP contribution in [0.5, 0.6) is 0 Å². The normalized spacial score (nSPS) is 28.3. The molecule has 0 aromatic rings. The molecule has 0 bridgehead atoms. The van der Waals surface area contributed by atoms with E-state index in [2.05, 4.69) is 24.3 Å². The second-order valence-electron chi connectivity index (χ2n) is 4.67. The van der Waals surface area contributed by atoms with Crippen LogP contribution in [0.15, 0.2) is 0 Å². The molecular formula is C11H25N3. The lowest BCUT2D eigenvalue weighted by atomic mass is 9.91. The van der Waals surface area contributed by atoms with Crippen molar-refractivity contribution in [3.63, 3.8) is 0 Å². The van der Waals surface area contributed by atoms with Gasteiger partial charge in [-0.05, 0) is 46.4 Å². The second kappa shape index (κ2) is 6.38. The van der Waals surface area contributed by atoms with Crippen LogP contribution in [0, 0.1) is 0 Å². The molecule has 1 saturated carbocycles. The molecule has 0 aromatic carbocycles. The Morgan fingerprint density at radius 2 is 2.00 bits per heavy atom. The van der Waals surface area contributed by atoms with Crippen LogP contribution >= 0.6 is 0 Å². The highest BCUT2D eigenvalue weighted by Crippen LogP contribution is 2.16. The van der Waals surface area contributed by atoms with Crippen LogP contribution in [-0.2, 0) is 0 Å². The molecule has 0 amide bonds. The van der Waals surface area contributed by atoms with Gasteiger partial charge in [0.2, 0.25) is 0 Å². The molecule has 1 rings (SSSR count). The van der Waals surface area contributed by atoms with Gasteiger partial charge in [-0.1, -0.05) is 12.8 Å². The van der Waals surface area contributed by atoms with E-state index in [9.17, 15) is 0 Å². The third-order valence-electron chi connectivity index (χ3n) is 3.01. The molecule has 0 radical (unpaired) electrons. The van der Waals surface area contributed by atoms with Gasteiger partial charge >= 0.3 is 0 Å². The molecule has 14 heavy (non-hydrogen) atoms. The lowest BCUT2D eigenvalue weighted by Crippen LogP contribution is -2.47. The van der Waals surface area contributed by atoms with Crippen LogP contribution in [0.1, 0.15) is 32.1 Å². The van der Waals surface area contributed by atoms with Gasteiger partial charge in [0, 0.05) is 12.1 Å². The maximum absolute atomic E-state index is 6.05. The van der Waals surface area contributed by atoms with Crippen molar-refractivity contribution in [3.05, 3.63) is 0 Å². The van der Waals surface area contributed by atoms with Crippen LogP contribution in [0.3, 0.4) is 0 Å². The number of nitrogens with zero attached hydrogens (tertiary/aromatic N) is 1. The molecule has 0 saturated heterocycles. The van der Waals surface area contributed by atoms with Crippen molar-refractivity contribution in [2.75, 3.05) is 27.2 Å². The summed E-state index contributed by atoms with van der Waals surface area (Å²) in [4.78, 5) is 2.22. The van der Waals surface area contributed by atoms with Crippen LogP contribution < -0.4 is 11.1 Å². The maximum Gasteiger partial charge on any atom is 0.0219 e. The van der Waals surface area contributed by atoms with Crippen molar-refractivity contribution in [3.8, 4) is 0 Å². The summed E-state index contributed by atoms with van der Waals surface area (Å²) in [5.41, 5.74) is 6.05. The number of nitrogens with two attached hydrogens (primary N) is 1. The number of hydrogen-bond acceptors (Lipinski definition) is 3. The van der Waals surface area contributed by atoms with Gasteiger partial charge in [-0.25, -0.2) is 0 Å². The van der Waals surface area contributed by atoms with Gasteiger partial charge < -0.3 is 16.0 Å². The number of hydrogen-bond donors (Lipinski definition) is 2. The molecule has 0 aromatic heterocycles. The third kappa shape index (κ3) is 4.40. The van der Waals surface area contributed by atoms with E-state index >= 15 is 0 Å². The van der Waals surface area contributed by atoms with Gasteiger partial charge in [-0.3, -0.25) is 0 Å². The van der Waals surface area contributed by atoms with Gasteiger partial charge in [0.1, 0.15) is 0 Å². The van der Waals surface area contributed by atoms with Crippen LogP contribution in [0.2, 0.25) is 0 Å². The van der Waals surface area contributed by atoms with Crippen molar-refractivity contribution >= 4 is 0 Å². The van der Waals surface area contributed by atoms with Crippen LogP contribution in [0.4, 0.5) is 0 Å². The third-order valence-corrected chi connectivity index (χ3v) is 3.01. The Labute approximate surface area is 88.0 Å². The first-order valence-corrected chi connectivity index (χ1v) is 5.84. The summed E-state index contributed by atoms with van der Waals surface area (Å²) in [5.74, 6) is 0. The number of nitrogens with one attached hydrogen (secondary N) is 1. The largest absolute Gasteiger partial charge is 0.326 e. The Kier molecular flexibility index (Phi) is 5.45. The van der Waals surface area contributed by atoms with Crippen LogP contribution in [0.25, 0.3) is 0 Å². The minimum Gasteiger partial charge on any atom is -0.326 e. The smallest absolute Gasteiger partial charge is 0.0219 e. The molecule has 2 atom stereocenters. The molecule has 0 unspecified atom stereocenters. The monoisotopic (exact) mass is 199 g/mol. The Bertz CT molecular complexity index is 147. The van der Waals surface area contributed by atoms with E-state index in [0.29, 0.717) is 12.1 Å². The van der Waals surface area contributed by atoms with E-state index in [1.807, 2.05) is 0 Å². The summed E-state index contributed by atoms with van der Waals surface area (Å²) in [6.45, 7) is 2.27. The van der Waals surface area contributed by atoms with E-state index in [-0.39, 0.29) is 0 Å². The van der Waals surface area contributed by atoms with Crippen LogP contribution in [-0.4, -0.2) is 44.2 Å². The summed E-state index contributed by atoms with van der Waals surface area (Å²) in [5, 5.41) is 3.58. The quantitative estimate of drug-likeness (QED) is 0.644. The molecule has 0 spiro atoms. The molecule has 3 N–H and O–H groups in total. The van der Waals surface area contributed by atoms with Gasteiger partial charge in [-0.2, -0.15) is 0 Å². The molecule has 1 fully saturated rings. The van der Waals surface area contributed by atoms with Crippen molar-refractivity contribution in [1.82, 2.24) is 10.2 Å². The standard InChI is InChI=1S/C11H25N3/c1-14(2)9-5-8-13-11-7-4-3-6-10(11)12/h10-11,13H,3-9,12H2,1-2H3/t10-,11-/m1/s1. The highest BCUT2D eigenvalue weighted by Gasteiger charge is 2.20.